The van der Waals surface area contributed by atoms with Crippen LogP contribution in [0.3, 0.4) is 0 Å². The molecule has 0 aromatic heterocycles. The number of hydrogen-bond acceptors (Lipinski definition) is 3. The zero-order valence-electron chi connectivity index (χ0n) is 11.8. The van der Waals surface area contributed by atoms with Gasteiger partial charge in [0.15, 0.2) is 0 Å². The molecule has 0 bridgehead atoms. The molecule has 5 heteroatoms. The van der Waals surface area contributed by atoms with Crippen LogP contribution in [0.1, 0.15) is 44.1 Å². The van der Waals surface area contributed by atoms with Crippen LogP contribution in [0.15, 0.2) is 24.3 Å². The van der Waals surface area contributed by atoms with Crippen molar-refractivity contribution >= 4 is 15.7 Å². The Balaban J connectivity index is 2.04. The van der Waals surface area contributed by atoms with Gasteiger partial charge in [-0.3, -0.25) is 4.72 Å². The Morgan fingerprint density at radius 2 is 1.95 bits per heavy atom. The highest BCUT2D eigenvalue weighted by molar-refractivity contribution is 7.93. The van der Waals surface area contributed by atoms with E-state index in [2.05, 4.69) is 4.72 Å². The highest BCUT2D eigenvalue weighted by Crippen LogP contribution is 2.25. The Morgan fingerprint density at radius 1 is 1.20 bits per heavy atom. The number of nitrogens with two attached hydrogens (primary N) is 1. The number of sulfonamides is 1. The Bertz CT molecular complexity index is 522. The number of nitrogens with one attached hydrogen (secondary N) is 1. The van der Waals surface area contributed by atoms with Gasteiger partial charge < -0.3 is 5.73 Å². The third-order valence-electron chi connectivity index (χ3n) is 3.85. The summed E-state index contributed by atoms with van der Waals surface area (Å²) < 4.78 is 27.4. The lowest BCUT2D eigenvalue weighted by Crippen LogP contribution is -2.29. The molecule has 2 rings (SSSR count). The lowest BCUT2D eigenvalue weighted by molar-refractivity contribution is 0.486. The van der Waals surface area contributed by atoms with Crippen LogP contribution in [0, 0.1) is 0 Å². The topological polar surface area (TPSA) is 72.2 Å². The van der Waals surface area contributed by atoms with E-state index in [1.807, 2.05) is 24.3 Å². The Morgan fingerprint density at radius 3 is 2.65 bits per heavy atom. The summed E-state index contributed by atoms with van der Waals surface area (Å²) in [5.41, 5.74) is 7.30. The maximum Gasteiger partial charge on any atom is 0.235 e. The first-order valence-corrected chi connectivity index (χ1v) is 8.97. The van der Waals surface area contributed by atoms with E-state index < -0.39 is 10.0 Å². The molecule has 0 aliphatic heterocycles. The fourth-order valence-electron chi connectivity index (χ4n) is 2.72. The van der Waals surface area contributed by atoms with Gasteiger partial charge in [0, 0.05) is 5.69 Å². The van der Waals surface area contributed by atoms with Crippen molar-refractivity contribution < 1.29 is 8.42 Å². The van der Waals surface area contributed by atoms with Gasteiger partial charge in [0.2, 0.25) is 10.0 Å². The summed E-state index contributed by atoms with van der Waals surface area (Å²) in [5, 5.41) is -0.232. The molecule has 1 fully saturated rings. The van der Waals surface area contributed by atoms with Gasteiger partial charge in [-0.05, 0) is 49.9 Å². The molecule has 20 heavy (non-hydrogen) atoms. The molecule has 1 aromatic carbocycles. The second-order valence-electron chi connectivity index (χ2n) is 5.50. The average Bonchev–Trinajstić information content (AvgIpc) is 2.46. The van der Waals surface area contributed by atoms with Gasteiger partial charge in [-0.25, -0.2) is 8.42 Å². The molecular formula is C15H24N2O2S. The first-order chi connectivity index (χ1) is 9.62. The first-order valence-electron chi connectivity index (χ1n) is 7.42. The molecule has 0 atom stereocenters. The van der Waals surface area contributed by atoms with Crippen LogP contribution in [0.25, 0.3) is 0 Å². The molecule has 0 amide bonds. The van der Waals surface area contributed by atoms with E-state index >= 15 is 0 Å². The van der Waals surface area contributed by atoms with E-state index in [4.69, 9.17) is 5.73 Å². The van der Waals surface area contributed by atoms with Crippen LogP contribution < -0.4 is 10.5 Å². The predicted octanol–water partition coefficient (Wildman–Crippen LogP) is 2.65. The standard InChI is InChI=1S/C15H24N2O2S/c16-11-5-7-13-6-4-8-14(12-13)17-20(18,19)15-9-2-1-3-10-15/h4,6,8,12,15,17H,1-3,5,7,9-11,16H2. The van der Waals surface area contributed by atoms with Gasteiger partial charge in [0.05, 0.1) is 5.25 Å². The van der Waals surface area contributed by atoms with E-state index in [9.17, 15) is 8.42 Å². The quantitative estimate of drug-likeness (QED) is 0.847. The monoisotopic (exact) mass is 296 g/mol. The van der Waals surface area contributed by atoms with Crippen molar-refractivity contribution in [2.75, 3.05) is 11.3 Å². The minimum absolute atomic E-state index is 0.232. The average molecular weight is 296 g/mol. The molecule has 4 nitrogen and oxygen atoms in total. The van der Waals surface area contributed by atoms with Crippen molar-refractivity contribution in [1.82, 2.24) is 0 Å². The minimum Gasteiger partial charge on any atom is -0.330 e. The summed E-state index contributed by atoms with van der Waals surface area (Å²) in [6.07, 6.45) is 6.55. The molecule has 1 aliphatic rings. The third-order valence-corrected chi connectivity index (χ3v) is 5.72. The van der Waals surface area contributed by atoms with Crippen molar-refractivity contribution in [1.29, 1.82) is 0 Å². The lowest BCUT2D eigenvalue weighted by Gasteiger charge is -2.22. The minimum atomic E-state index is -3.25. The van der Waals surface area contributed by atoms with Crippen LogP contribution in [0.4, 0.5) is 5.69 Å². The van der Waals surface area contributed by atoms with Gasteiger partial charge >= 0.3 is 0 Å². The predicted molar refractivity (Wildman–Crippen MR) is 83.2 cm³/mol. The van der Waals surface area contributed by atoms with Gasteiger partial charge in [-0.2, -0.15) is 0 Å². The maximum atomic E-state index is 12.3. The van der Waals surface area contributed by atoms with Gasteiger partial charge in [0.1, 0.15) is 0 Å². The summed E-state index contributed by atoms with van der Waals surface area (Å²) in [4.78, 5) is 0. The van der Waals surface area contributed by atoms with Crippen molar-refractivity contribution in [2.24, 2.45) is 5.73 Å². The van der Waals surface area contributed by atoms with Crippen molar-refractivity contribution in [3.8, 4) is 0 Å². The summed E-state index contributed by atoms with van der Waals surface area (Å²) >= 11 is 0. The van der Waals surface area contributed by atoms with Gasteiger partial charge in [-0.15, -0.1) is 0 Å². The maximum absolute atomic E-state index is 12.3. The zero-order valence-corrected chi connectivity index (χ0v) is 12.7. The Hall–Kier alpha value is -1.07. The first kappa shape index (κ1) is 15.3. The summed E-state index contributed by atoms with van der Waals surface area (Å²) in [7, 11) is -3.25. The number of anilines is 1. The molecule has 112 valence electrons. The van der Waals surface area contributed by atoms with Crippen LogP contribution in [0.5, 0.6) is 0 Å². The Labute approximate surface area is 121 Å². The van der Waals surface area contributed by atoms with Crippen molar-refractivity contribution in [2.45, 2.75) is 50.2 Å². The number of hydrogen-bond donors (Lipinski definition) is 2. The normalized spacial score (nSPS) is 17.1. The highest BCUT2D eigenvalue weighted by atomic mass is 32.2. The molecule has 0 saturated heterocycles. The number of benzene rings is 1. The number of rotatable bonds is 6. The van der Waals surface area contributed by atoms with E-state index in [0.717, 1.165) is 50.5 Å². The lowest BCUT2D eigenvalue weighted by atomic mass is 10.0. The smallest absolute Gasteiger partial charge is 0.235 e. The summed E-state index contributed by atoms with van der Waals surface area (Å²) in [6.45, 7) is 0.651. The molecule has 1 aliphatic carbocycles. The van der Waals surface area contributed by atoms with Gasteiger partial charge in [-0.1, -0.05) is 31.4 Å². The molecule has 3 N–H and O–H groups in total. The SMILES string of the molecule is NCCCc1cccc(NS(=O)(=O)C2CCCCC2)c1. The molecule has 0 radical (unpaired) electrons. The zero-order chi connectivity index (χ0) is 14.4. The second-order valence-corrected chi connectivity index (χ2v) is 7.46. The highest BCUT2D eigenvalue weighted by Gasteiger charge is 2.27. The fourth-order valence-corrected chi connectivity index (χ4v) is 4.30. The molecule has 0 spiro atoms. The van der Waals surface area contributed by atoms with Crippen LogP contribution in [-0.2, 0) is 16.4 Å². The van der Waals surface area contributed by atoms with E-state index in [1.165, 1.54) is 0 Å². The third kappa shape index (κ3) is 4.21. The number of aryl methyl sites for hydroxylation is 1. The fraction of sp³-hybridized carbons (Fsp3) is 0.600. The van der Waals surface area contributed by atoms with E-state index in [-0.39, 0.29) is 5.25 Å². The molecular weight excluding hydrogens is 272 g/mol. The Kier molecular flexibility index (Phi) is 5.43. The summed E-state index contributed by atoms with van der Waals surface area (Å²) in [5.74, 6) is 0. The van der Waals surface area contributed by atoms with Crippen molar-refractivity contribution in [3.63, 3.8) is 0 Å². The second kappa shape index (κ2) is 7.09. The van der Waals surface area contributed by atoms with Crippen LogP contribution in [-0.4, -0.2) is 20.2 Å². The molecule has 0 unspecified atom stereocenters. The molecule has 0 heterocycles. The van der Waals surface area contributed by atoms with Crippen LogP contribution in [0.2, 0.25) is 0 Å². The summed E-state index contributed by atoms with van der Waals surface area (Å²) in [6, 6.07) is 7.63. The van der Waals surface area contributed by atoms with Gasteiger partial charge in [0.25, 0.3) is 0 Å². The van der Waals surface area contributed by atoms with Crippen LogP contribution >= 0.6 is 0 Å². The molecule has 1 saturated carbocycles. The molecule has 1 aromatic rings. The van der Waals surface area contributed by atoms with Crippen molar-refractivity contribution in [3.05, 3.63) is 29.8 Å². The van der Waals surface area contributed by atoms with E-state index in [0.29, 0.717) is 12.2 Å². The van der Waals surface area contributed by atoms with E-state index in [1.54, 1.807) is 0 Å². The largest absolute Gasteiger partial charge is 0.330 e.